The fourth-order valence-corrected chi connectivity index (χ4v) is 2.21. The van der Waals surface area contributed by atoms with Crippen LogP contribution < -0.4 is 5.32 Å². The minimum Gasteiger partial charge on any atom is -0.507 e. The van der Waals surface area contributed by atoms with Crippen molar-refractivity contribution >= 4 is 11.8 Å². The Balaban J connectivity index is 1.91. The van der Waals surface area contributed by atoms with Crippen molar-refractivity contribution in [1.82, 2.24) is 25.0 Å². The normalized spacial score (nSPS) is 11.6. The summed E-state index contributed by atoms with van der Waals surface area (Å²) in [5.74, 6) is 0.166. The van der Waals surface area contributed by atoms with Gasteiger partial charge in [-0.3, -0.25) is 4.68 Å². The van der Waals surface area contributed by atoms with E-state index in [2.05, 4.69) is 25.6 Å². The van der Waals surface area contributed by atoms with Crippen LogP contribution in [0, 0.1) is 6.92 Å². The molecule has 0 saturated carbocycles. The monoisotopic (exact) mass is 350 g/mol. The molecule has 0 radical (unpaired) electrons. The minimum atomic E-state index is -4.54. The number of benzene rings is 1. The van der Waals surface area contributed by atoms with E-state index in [1.165, 1.54) is 0 Å². The Hall–Kier alpha value is -3.17. The zero-order valence-corrected chi connectivity index (χ0v) is 13.2. The molecule has 25 heavy (non-hydrogen) atoms. The van der Waals surface area contributed by atoms with E-state index in [9.17, 15) is 18.3 Å². The van der Waals surface area contributed by atoms with Crippen molar-refractivity contribution in [3.8, 4) is 17.0 Å². The maximum absolute atomic E-state index is 12.7. The van der Waals surface area contributed by atoms with E-state index in [0.717, 1.165) is 12.1 Å². The molecule has 0 saturated heterocycles. The lowest BCUT2D eigenvalue weighted by atomic mass is 10.1. The van der Waals surface area contributed by atoms with E-state index >= 15 is 0 Å². The Labute approximate surface area is 140 Å². The lowest BCUT2D eigenvalue weighted by Crippen LogP contribution is -2.06. The van der Waals surface area contributed by atoms with Gasteiger partial charge in [0.05, 0.1) is 11.3 Å². The molecule has 2 N–H and O–H groups in total. The summed E-state index contributed by atoms with van der Waals surface area (Å²) < 4.78 is 39.6. The highest BCUT2D eigenvalue weighted by Crippen LogP contribution is 2.36. The van der Waals surface area contributed by atoms with Gasteiger partial charge in [-0.15, -0.1) is 10.2 Å². The Morgan fingerprint density at radius 1 is 1.16 bits per heavy atom. The number of halogens is 3. The van der Waals surface area contributed by atoms with Gasteiger partial charge in [0.1, 0.15) is 11.4 Å². The predicted octanol–water partition coefficient (Wildman–Crippen LogP) is 3.05. The standard InChI is InChI=1S/C15H13F3N6O/c1-8-13(10-4-3-9(7-11(10)25)15(16,17)18)21-22-14(19-8)20-12-5-6-24(2)23-12/h3-7,25H,1-2H3,(H,19,20,22,23). The van der Waals surface area contributed by atoms with Gasteiger partial charge < -0.3 is 10.4 Å². The van der Waals surface area contributed by atoms with Gasteiger partial charge in [-0.25, -0.2) is 4.98 Å². The number of aromatic hydroxyl groups is 1. The third-order valence-corrected chi connectivity index (χ3v) is 3.39. The van der Waals surface area contributed by atoms with Gasteiger partial charge in [0.25, 0.3) is 0 Å². The van der Waals surface area contributed by atoms with Gasteiger partial charge in [-0.2, -0.15) is 18.3 Å². The van der Waals surface area contributed by atoms with Crippen LogP contribution in [0.25, 0.3) is 11.3 Å². The van der Waals surface area contributed by atoms with Crippen LogP contribution in [0.4, 0.5) is 24.9 Å². The van der Waals surface area contributed by atoms with Crippen molar-refractivity contribution in [2.75, 3.05) is 5.32 Å². The van der Waals surface area contributed by atoms with Crippen LogP contribution in [0.3, 0.4) is 0 Å². The van der Waals surface area contributed by atoms with Gasteiger partial charge >= 0.3 is 6.18 Å². The summed E-state index contributed by atoms with van der Waals surface area (Å²) in [4.78, 5) is 4.20. The average molecular weight is 350 g/mol. The number of rotatable bonds is 3. The Morgan fingerprint density at radius 3 is 2.48 bits per heavy atom. The van der Waals surface area contributed by atoms with Gasteiger partial charge in [0.2, 0.25) is 5.95 Å². The molecule has 0 unspecified atom stereocenters. The highest BCUT2D eigenvalue weighted by atomic mass is 19.4. The van der Waals surface area contributed by atoms with E-state index in [1.807, 2.05) is 0 Å². The molecule has 0 aliphatic rings. The van der Waals surface area contributed by atoms with Crippen LogP contribution in [0.1, 0.15) is 11.3 Å². The van der Waals surface area contributed by atoms with Crippen LogP contribution in [0.2, 0.25) is 0 Å². The van der Waals surface area contributed by atoms with Crippen molar-refractivity contribution in [2.24, 2.45) is 7.05 Å². The lowest BCUT2D eigenvalue weighted by Gasteiger charge is -2.11. The molecule has 2 aromatic heterocycles. The molecular formula is C15H13F3N6O. The Kier molecular flexibility index (Phi) is 4.03. The molecule has 0 atom stereocenters. The Bertz CT molecular complexity index is 922. The van der Waals surface area contributed by atoms with Crippen LogP contribution in [0.15, 0.2) is 30.5 Å². The molecular weight excluding hydrogens is 337 g/mol. The molecule has 0 spiro atoms. The topological polar surface area (TPSA) is 88.8 Å². The third-order valence-electron chi connectivity index (χ3n) is 3.39. The van der Waals surface area contributed by atoms with Gasteiger partial charge in [-0.1, -0.05) is 0 Å². The quantitative estimate of drug-likeness (QED) is 0.755. The molecule has 0 bridgehead atoms. The molecule has 2 heterocycles. The largest absolute Gasteiger partial charge is 0.507 e. The van der Waals surface area contributed by atoms with Gasteiger partial charge in [0, 0.05) is 24.9 Å². The number of nitrogens with zero attached hydrogens (tertiary/aromatic N) is 5. The first-order chi connectivity index (χ1) is 11.7. The summed E-state index contributed by atoms with van der Waals surface area (Å²) in [6.45, 7) is 1.62. The third kappa shape index (κ3) is 3.52. The highest BCUT2D eigenvalue weighted by molar-refractivity contribution is 5.69. The van der Waals surface area contributed by atoms with Crippen molar-refractivity contribution in [1.29, 1.82) is 0 Å². The average Bonchev–Trinajstić information content (AvgIpc) is 2.92. The minimum absolute atomic E-state index is 0.120. The van der Waals surface area contributed by atoms with Gasteiger partial charge in [0.15, 0.2) is 5.82 Å². The summed E-state index contributed by atoms with van der Waals surface area (Å²) >= 11 is 0. The van der Waals surface area contributed by atoms with E-state index in [0.29, 0.717) is 17.6 Å². The summed E-state index contributed by atoms with van der Waals surface area (Å²) in [5.41, 5.74) is -0.239. The first-order valence-electron chi connectivity index (χ1n) is 7.12. The number of nitrogens with one attached hydrogen (secondary N) is 1. The number of alkyl halides is 3. The summed E-state index contributed by atoms with van der Waals surface area (Å²) in [6.07, 6.45) is -2.80. The number of aromatic nitrogens is 5. The van der Waals surface area contributed by atoms with Crippen LogP contribution in [0.5, 0.6) is 5.75 Å². The number of aryl methyl sites for hydroxylation is 2. The number of anilines is 2. The highest BCUT2D eigenvalue weighted by Gasteiger charge is 2.31. The van der Waals surface area contributed by atoms with Crippen molar-refractivity contribution in [2.45, 2.75) is 13.1 Å². The first kappa shape index (κ1) is 16.7. The lowest BCUT2D eigenvalue weighted by molar-refractivity contribution is -0.137. The molecule has 0 aliphatic carbocycles. The second kappa shape index (κ2) is 6.04. The fraction of sp³-hybridized carbons (Fsp3) is 0.200. The molecule has 10 heteroatoms. The van der Waals surface area contributed by atoms with Crippen molar-refractivity contribution in [3.05, 3.63) is 41.7 Å². The number of hydrogen-bond donors (Lipinski definition) is 2. The number of phenolic OH excluding ortho intramolecular Hbond substituents is 1. The van der Waals surface area contributed by atoms with Crippen molar-refractivity contribution in [3.63, 3.8) is 0 Å². The van der Waals surface area contributed by atoms with Crippen LogP contribution in [-0.2, 0) is 13.2 Å². The Morgan fingerprint density at radius 2 is 1.92 bits per heavy atom. The zero-order valence-electron chi connectivity index (χ0n) is 13.2. The van der Waals surface area contributed by atoms with Crippen LogP contribution >= 0.6 is 0 Å². The summed E-state index contributed by atoms with van der Waals surface area (Å²) in [7, 11) is 1.76. The molecule has 0 fully saturated rings. The molecule has 7 nitrogen and oxygen atoms in total. The molecule has 3 aromatic rings. The SMILES string of the molecule is Cc1nc(Nc2ccn(C)n2)nnc1-c1ccc(C(F)(F)F)cc1O. The van der Waals surface area contributed by atoms with E-state index in [1.54, 1.807) is 30.9 Å². The summed E-state index contributed by atoms with van der Waals surface area (Å²) in [5, 5.41) is 24.7. The second-order valence-electron chi connectivity index (χ2n) is 5.30. The fourth-order valence-electron chi connectivity index (χ4n) is 2.21. The zero-order chi connectivity index (χ0) is 18.2. The van der Waals surface area contributed by atoms with E-state index in [-0.39, 0.29) is 17.2 Å². The maximum Gasteiger partial charge on any atom is 0.416 e. The maximum atomic E-state index is 12.7. The summed E-state index contributed by atoms with van der Waals surface area (Å²) in [6, 6.07) is 4.38. The molecule has 130 valence electrons. The molecule has 0 amide bonds. The van der Waals surface area contributed by atoms with Crippen molar-refractivity contribution < 1.29 is 18.3 Å². The second-order valence-corrected chi connectivity index (χ2v) is 5.30. The van der Waals surface area contributed by atoms with Crippen LogP contribution in [-0.4, -0.2) is 30.1 Å². The van der Waals surface area contributed by atoms with Gasteiger partial charge in [-0.05, 0) is 25.1 Å². The first-order valence-corrected chi connectivity index (χ1v) is 7.12. The molecule has 1 aromatic carbocycles. The molecule has 0 aliphatic heterocycles. The van der Waals surface area contributed by atoms with E-state index in [4.69, 9.17) is 0 Å². The van der Waals surface area contributed by atoms with E-state index < -0.39 is 17.5 Å². The predicted molar refractivity (Wildman–Crippen MR) is 83.2 cm³/mol. The number of hydrogen-bond acceptors (Lipinski definition) is 6. The molecule has 3 rings (SSSR count). The number of phenols is 1. The smallest absolute Gasteiger partial charge is 0.416 e.